The van der Waals surface area contributed by atoms with Crippen molar-refractivity contribution in [3.63, 3.8) is 0 Å². The molecule has 0 aliphatic heterocycles. The maximum absolute atomic E-state index is 9.08. The predicted molar refractivity (Wildman–Crippen MR) is 57.0 cm³/mol. The minimum atomic E-state index is -0.238. The minimum Gasteiger partial charge on any atom is -0.393 e. The predicted octanol–water partition coefficient (Wildman–Crippen LogP) is 1.50. The van der Waals surface area contributed by atoms with Gasteiger partial charge in [0, 0.05) is 12.2 Å². The molecular weight excluding hydrogens is 176 g/mol. The standard InChI is InChI=1S/C11H18N2O/c1-9(14)6-8-12-10(2)11-5-3-4-7-13-11/h3-5,7,9-10,12,14H,6,8H2,1-2H3/t9-,10+/m1/s1. The summed E-state index contributed by atoms with van der Waals surface area (Å²) in [5.74, 6) is 0. The molecule has 0 spiro atoms. The van der Waals surface area contributed by atoms with Gasteiger partial charge in [-0.15, -0.1) is 0 Å². The van der Waals surface area contributed by atoms with Gasteiger partial charge in [0.2, 0.25) is 0 Å². The molecule has 3 heteroatoms. The molecule has 0 aliphatic carbocycles. The van der Waals surface area contributed by atoms with Crippen LogP contribution in [0.1, 0.15) is 32.0 Å². The van der Waals surface area contributed by atoms with Crippen molar-refractivity contribution < 1.29 is 5.11 Å². The quantitative estimate of drug-likeness (QED) is 0.746. The van der Waals surface area contributed by atoms with E-state index in [2.05, 4.69) is 17.2 Å². The number of aliphatic hydroxyl groups excluding tert-OH is 1. The highest BCUT2D eigenvalue weighted by molar-refractivity contribution is 5.07. The number of pyridine rings is 1. The van der Waals surface area contributed by atoms with Crippen LogP contribution >= 0.6 is 0 Å². The van der Waals surface area contributed by atoms with Crippen LogP contribution in [0.15, 0.2) is 24.4 Å². The Hall–Kier alpha value is -0.930. The van der Waals surface area contributed by atoms with Crippen LogP contribution in [0.25, 0.3) is 0 Å². The van der Waals surface area contributed by atoms with Gasteiger partial charge in [0.1, 0.15) is 0 Å². The summed E-state index contributed by atoms with van der Waals surface area (Å²) >= 11 is 0. The molecule has 0 aromatic carbocycles. The van der Waals surface area contributed by atoms with Gasteiger partial charge < -0.3 is 10.4 Å². The zero-order valence-corrected chi connectivity index (χ0v) is 8.77. The van der Waals surface area contributed by atoms with E-state index in [1.165, 1.54) is 0 Å². The fourth-order valence-corrected chi connectivity index (χ4v) is 1.25. The summed E-state index contributed by atoms with van der Waals surface area (Å²) in [7, 11) is 0. The molecule has 0 saturated carbocycles. The van der Waals surface area contributed by atoms with E-state index < -0.39 is 0 Å². The first-order valence-corrected chi connectivity index (χ1v) is 5.02. The Bertz CT molecular complexity index is 249. The van der Waals surface area contributed by atoms with Crippen LogP contribution in [0.3, 0.4) is 0 Å². The van der Waals surface area contributed by atoms with Crippen molar-refractivity contribution in [3.05, 3.63) is 30.1 Å². The van der Waals surface area contributed by atoms with Crippen LogP contribution < -0.4 is 5.32 Å². The normalized spacial score (nSPS) is 15.1. The summed E-state index contributed by atoms with van der Waals surface area (Å²) in [4.78, 5) is 4.25. The molecule has 1 aromatic heterocycles. The Morgan fingerprint density at radius 1 is 1.43 bits per heavy atom. The number of aromatic nitrogens is 1. The van der Waals surface area contributed by atoms with Crippen molar-refractivity contribution in [1.82, 2.24) is 10.3 Å². The number of nitrogens with one attached hydrogen (secondary N) is 1. The van der Waals surface area contributed by atoms with E-state index in [9.17, 15) is 0 Å². The number of aliphatic hydroxyl groups is 1. The van der Waals surface area contributed by atoms with Crippen molar-refractivity contribution in [2.24, 2.45) is 0 Å². The smallest absolute Gasteiger partial charge is 0.0570 e. The Labute approximate surface area is 85.2 Å². The van der Waals surface area contributed by atoms with E-state index in [0.29, 0.717) is 0 Å². The maximum atomic E-state index is 9.08. The molecule has 3 nitrogen and oxygen atoms in total. The van der Waals surface area contributed by atoms with Crippen molar-refractivity contribution >= 4 is 0 Å². The number of hydrogen-bond acceptors (Lipinski definition) is 3. The maximum Gasteiger partial charge on any atom is 0.0570 e. The molecule has 0 radical (unpaired) electrons. The lowest BCUT2D eigenvalue weighted by molar-refractivity contribution is 0.182. The van der Waals surface area contributed by atoms with E-state index >= 15 is 0 Å². The first-order chi connectivity index (χ1) is 6.70. The SMILES string of the molecule is C[C@H](NCC[C@@H](C)O)c1ccccn1. The Morgan fingerprint density at radius 2 is 2.21 bits per heavy atom. The van der Waals surface area contributed by atoms with Gasteiger partial charge in [-0.2, -0.15) is 0 Å². The molecule has 14 heavy (non-hydrogen) atoms. The van der Waals surface area contributed by atoms with Gasteiger partial charge in [-0.1, -0.05) is 6.07 Å². The van der Waals surface area contributed by atoms with E-state index in [4.69, 9.17) is 5.11 Å². The molecule has 0 unspecified atom stereocenters. The van der Waals surface area contributed by atoms with Gasteiger partial charge in [0.05, 0.1) is 11.8 Å². The van der Waals surface area contributed by atoms with E-state index in [0.717, 1.165) is 18.7 Å². The molecule has 1 aromatic rings. The average Bonchev–Trinajstić information content (AvgIpc) is 2.18. The van der Waals surface area contributed by atoms with E-state index in [1.807, 2.05) is 18.2 Å². The third-order valence-corrected chi connectivity index (χ3v) is 2.14. The Morgan fingerprint density at radius 3 is 2.79 bits per heavy atom. The molecule has 2 atom stereocenters. The lowest BCUT2D eigenvalue weighted by Crippen LogP contribution is -2.23. The zero-order chi connectivity index (χ0) is 10.4. The molecule has 1 rings (SSSR count). The highest BCUT2D eigenvalue weighted by Gasteiger charge is 2.04. The molecule has 0 aliphatic rings. The fourth-order valence-electron chi connectivity index (χ4n) is 1.25. The van der Waals surface area contributed by atoms with Gasteiger partial charge in [0.15, 0.2) is 0 Å². The van der Waals surface area contributed by atoms with Crippen molar-refractivity contribution in [3.8, 4) is 0 Å². The van der Waals surface area contributed by atoms with Gasteiger partial charge in [-0.05, 0) is 38.9 Å². The van der Waals surface area contributed by atoms with Crippen molar-refractivity contribution in [2.75, 3.05) is 6.54 Å². The summed E-state index contributed by atoms with van der Waals surface area (Å²) in [6.07, 6.45) is 2.33. The topological polar surface area (TPSA) is 45.1 Å². The van der Waals surface area contributed by atoms with Crippen LogP contribution in [0.2, 0.25) is 0 Å². The molecule has 0 saturated heterocycles. The second kappa shape index (κ2) is 5.73. The van der Waals surface area contributed by atoms with Gasteiger partial charge in [0.25, 0.3) is 0 Å². The molecular formula is C11H18N2O. The van der Waals surface area contributed by atoms with Crippen LogP contribution in [-0.4, -0.2) is 22.7 Å². The fraction of sp³-hybridized carbons (Fsp3) is 0.545. The van der Waals surface area contributed by atoms with E-state index in [1.54, 1.807) is 13.1 Å². The molecule has 78 valence electrons. The number of rotatable bonds is 5. The molecule has 0 amide bonds. The summed E-state index contributed by atoms with van der Waals surface area (Å²) in [6.45, 7) is 4.69. The Balaban J connectivity index is 2.32. The van der Waals surface area contributed by atoms with Crippen molar-refractivity contribution in [2.45, 2.75) is 32.4 Å². The van der Waals surface area contributed by atoms with Crippen LogP contribution in [0, 0.1) is 0 Å². The molecule has 0 bridgehead atoms. The summed E-state index contributed by atoms with van der Waals surface area (Å²) in [6, 6.07) is 6.14. The number of nitrogens with zero attached hydrogens (tertiary/aromatic N) is 1. The second-order valence-corrected chi connectivity index (χ2v) is 3.57. The summed E-state index contributed by atoms with van der Waals surface area (Å²) < 4.78 is 0. The highest BCUT2D eigenvalue weighted by Crippen LogP contribution is 2.07. The van der Waals surface area contributed by atoms with E-state index in [-0.39, 0.29) is 12.1 Å². The lowest BCUT2D eigenvalue weighted by Gasteiger charge is -2.13. The molecule has 2 N–H and O–H groups in total. The summed E-state index contributed by atoms with van der Waals surface area (Å²) in [5, 5.41) is 12.4. The third-order valence-electron chi connectivity index (χ3n) is 2.14. The van der Waals surface area contributed by atoms with Crippen molar-refractivity contribution in [1.29, 1.82) is 0 Å². The third kappa shape index (κ3) is 3.85. The monoisotopic (exact) mass is 194 g/mol. The first-order valence-electron chi connectivity index (χ1n) is 5.02. The van der Waals surface area contributed by atoms with Gasteiger partial charge in [-0.25, -0.2) is 0 Å². The van der Waals surface area contributed by atoms with Crippen LogP contribution in [0.4, 0.5) is 0 Å². The van der Waals surface area contributed by atoms with Crippen LogP contribution in [-0.2, 0) is 0 Å². The van der Waals surface area contributed by atoms with Gasteiger partial charge in [-0.3, -0.25) is 4.98 Å². The zero-order valence-electron chi connectivity index (χ0n) is 8.77. The first kappa shape index (κ1) is 11.1. The van der Waals surface area contributed by atoms with Crippen LogP contribution in [0.5, 0.6) is 0 Å². The molecule has 0 fully saturated rings. The average molecular weight is 194 g/mol. The van der Waals surface area contributed by atoms with Gasteiger partial charge >= 0.3 is 0 Å². The second-order valence-electron chi connectivity index (χ2n) is 3.57. The molecule has 1 heterocycles. The highest BCUT2D eigenvalue weighted by atomic mass is 16.3. The Kier molecular flexibility index (Phi) is 4.56. The number of hydrogen-bond donors (Lipinski definition) is 2. The lowest BCUT2D eigenvalue weighted by atomic mass is 10.2. The minimum absolute atomic E-state index is 0.238. The summed E-state index contributed by atoms with van der Waals surface area (Å²) in [5.41, 5.74) is 1.04. The largest absolute Gasteiger partial charge is 0.393 e.